The topological polar surface area (TPSA) is 197 Å². The van der Waals surface area contributed by atoms with Gasteiger partial charge in [-0.15, -0.1) is 5.10 Å². The second-order valence-corrected chi connectivity index (χ2v) is 11.5. The van der Waals surface area contributed by atoms with Crippen molar-refractivity contribution in [3.8, 4) is 0 Å². The summed E-state index contributed by atoms with van der Waals surface area (Å²) in [6.45, 7) is 18.9. The van der Waals surface area contributed by atoms with Crippen molar-refractivity contribution in [3.05, 3.63) is 84.0 Å². The minimum absolute atomic E-state index is 0. The second-order valence-electron chi connectivity index (χ2n) is 11.5. The van der Waals surface area contributed by atoms with Crippen LogP contribution in [0, 0.1) is 0 Å². The van der Waals surface area contributed by atoms with Crippen molar-refractivity contribution in [2.75, 3.05) is 13.8 Å². The molecule has 15 heteroatoms. The molecule has 0 aliphatic rings. The van der Waals surface area contributed by atoms with E-state index in [0.717, 1.165) is 10.4 Å². The number of aryl methyl sites for hydroxylation is 1. The van der Waals surface area contributed by atoms with E-state index in [2.05, 4.69) is 78.4 Å². The molecular weight excluding hydrogens is 629 g/mol. The van der Waals surface area contributed by atoms with Gasteiger partial charge in [0.2, 0.25) is 12.7 Å². The number of aliphatic imine (C=N–C) groups is 1. The summed E-state index contributed by atoms with van der Waals surface area (Å²) in [5.74, 6) is -3.26. The van der Waals surface area contributed by atoms with E-state index in [0.29, 0.717) is 29.2 Å². The average molecular weight is 676 g/mol. The number of carbonyl (C=O) groups is 3. The number of hydrogen-bond acceptors (Lipinski definition) is 11. The number of rotatable bonds is 16. The molecule has 0 bridgehead atoms. The van der Waals surface area contributed by atoms with Crippen LogP contribution in [0.25, 0.3) is 6.08 Å². The molecule has 0 radical (unpaired) electrons. The van der Waals surface area contributed by atoms with Crippen LogP contribution in [-0.2, 0) is 35.7 Å². The molecule has 0 fully saturated rings. The van der Waals surface area contributed by atoms with Gasteiger partial charge < -0.3 is 34.8 Å². The van der Waals surface area contributed by atoms with E-state index < -0.39 is 37.2 Å². The van der Waals surface area contributed by atoms with E-state index >= 15 is 0 Å². The first-order valence-electron chi connectivity index (χ1n) is 14.8. The standard InChI is InChI=1S/C25H35N7O7.C8H12.Na/c1-15(2)29-23(18(26-6)10-17-22(25(3,4)5)28-13-27-17)39-14-38-21(35)9-7-8-16-12-32(31-30-16)19(24(36)37)11-20(33)34;1-4-5-6-7-8(2)3;/h10,12-13,19,26H,1,7-9,11,14H2,2-6H3,(H,27,28)(H,33,34)(H,36,37);4-7H,1H2,2-3H3;/q;;+1/p-1/b18-10-,29-23?;6-5-;. The van der Waals surface area contributed by atoms with Gasteiger partial charge in [-0.1, -0.05) is 69.0 Å². The summed E-state index contributed by atoms with van der Waals surface area (Å²) in [5.41, 5.74) is 4.14. The number of aliphatic carboxylic acids is 2. The van der Waals surface area contributed by atoms with Gasteiger partial charge in [0.1, 0.15) is 6.04 Å². The van der Waals surface area contributed by atoms with Crippen LogP contribution in [0.1, 0.15) is 83.9 Å². The number of carbonyl (C=O) groups excluding carboxylic acids is 2. The summed E-state index contributed by atoms with van der Waals surface area (Å²) in [4.78, 5) is 46.1. The summed E-state index contributed by atoms with van der Waals surface area (Å²) < 4.78 is 11.7. The number of H-pyrrole nitrogens is 1. The minimum atomic E-state index is -1.58. The van der Waals surface area contributed by atoms with Crippen LogP contribution in [0.5, 0.6) is 0 Å². The smallest absolute Gasteiger partial charge is 0.548 e. The van der Waals surface area contributed by atoms with Gasteiger partial charge in [-0.3, -0.25) is 9.59 Å². The zero-order chi connectivity index (χ0) is 35.6. The molecular formula is C33H46N7NaO7. The number of allylic oxidation sites excluding steroid dienone is 6. The molecule has 1 atom stereocenters. The van der Waals surface area contributed by atoms with Crippen molar-refractivity contribution in [2.24, 2.45) is 4.99 Å². The molecule has 0 aromatic carbocycles. The van der Waals surface area contributed by atoms with Crippen molar-refractivity contribution in [1.82, 2.24) is 30.3 Å². The molecule has 2 aromatic heterocycles. The van der Waals surface area contributed by atoms with Gasteiger partial charge in [-0.2, -0.15) is 0 Å². The number of ether oxygens (including phenoxy) is 2. The van der Waals surface area contributed by atoms with Gasteiger partial charge in [0.25, 0.3) is 0 Å². The summed E-state index contributed by atoms with van der Waals surface area (Å²) in [5, 5.41) is 30.6. The van der Waals surface area contributed by atoms with Gasteiger partial charge in [-0.05, 0) is 39.7 Å². The Bertz CT molecular complexity index is 1490. The number of hydrogen-bond donors (Lipinski definition) is 3. The van der Waals surface area contributed by atoms with Crippen LogP contribution in [0.2, 0.25) is 0 Å². The fourth-order valence-electron chi connectivity index (χ4n) is 3.73. The van der Waals surface area contributed by atoms with Crippen molar-refractivity contribution >= 4 is 29.9 Å². The Labute approximate surface area is 304 Å². The van der Waals surface area contributed by atoms with Gasteiger partial charge in [0, 0.05) is 36.5 Å². The number of carboxylic acids is 2. The number of nitrogens with zero attached hydrogens (tertiary/aromatic N) is 5. The predicted octanol–water partition coefficient (Wildman–Crippen LogP) is 0.796. The van der Waals surface area contributed by atoms with Crippen LogP contribution < -0.4 is 40.0 Å². The van der Waals surface area contributed by atoms with E-state index in [-0.39, 0.29) is 53.7 Å². The molecule has 3 N–H and O–H groups in total. The summed E-state index contributed by atoms with van der Waals surface area (Å²) in [6.07, 6.45) is 12.3. The number of nitrogens with one attached hydrogen (secondary N) is 2. The fourth-order valence-corrected chi connectivity index (χ4v) is 3.73. The molecule has 48 heavy (non-hydrogen) atoms. The minimum Gasteiger partial charge on any atom is -0.548 e. The van der Waals surface area contributed by atoms with Crippen LogP contribution in [0.3, 0.4) is 0 Å². The van der Waals surface area contributed by atoms with Crippen LogP contribution >= 0.6 is 0 Å². The van der Waals surface area contributed by atoms with Crippen LogP contribution in [0.15, 0.2) is 71.9 Å². The van der Waals surface area contributed by atoms with E-state index in [1.165, 1.54) is 11.8 Å². The summed E-state index contributed by atoms with van der Waals surface area (Å²) >= 11 is 0. The Hall–Kier alpha value is -4.27. The third-order valence-electron chi connectivity index (χ3n) is 5.92. The van der Waals surface area contributed by atoms with Crippen molar-refractivity contribution in [2.45, 2.75) is 78.7 Å². The molecule has 0 aliphatic carbocycles. The Morgan fingerprint density at radius 2 is 1.90 bits per heavy atom. The Balaban J connectivity index is 0.00000217. The van der Waals surface area contributed by atoms with Crippen LogP contribution in [-0.4, -0.2) is 67.7 Å². The molecule has 0 amide bonds. The number of esters is 1. The van der Waals surface area contributed by atoms with E-state index in [4.69, 9.17) is 14.6 Å². The van der Waals surface area contributed by atoms with E-state index in [1.54, 1.807) is 32.5 Å². The maximum absolute atomic E-state index is 12.2. The summed E-state index contributed by atoms with van der Waals surface area (Å²) in [7, 11) is 1.70. The first kappa shape index (κ1) is 43.7. The molecule has 2 heterocycles. The predicted molar refractivity (Wildman–Crippen MR) is 177 cm³/mol. The molecule has 256 valence electrons. The monoisotopic (exact) mass is 675 g/mol. The van der Waals surface area contributed by atoms with Gasteiger partial charge in [0.05, 0.1) is 35.8 Å². The first-order valence-corrected chi connectivity index (χ1v) is 14.8. The Morgan fingerprint density at radius 1 is 1.21 bits per heavy atom. The largest absolute Gasteiger partial charge is 1.00 e. The normalized spacial score (nSPS) is 12.1. The number of aromatic nitrogens is 5. The van der Waals surface area contributed by atoms with Gasteiger partial charge >= 0.3 is 41.5 Å². The zero-order valence-electron chi connectivity index (χ0n) is 29.2. The van der Waals surface area contributed by atoms with Crippen molar-refractivity contribution < 1.29 is 63.6 Å². The molecule has 0 aliphatic heterocycles. The number of likely N-dealkylation sites (N-methyl/N-ethyl adjacent to an activating group) is 1. The number of aromatic amines is 1. The molecule has 14 nitrogen and oxygen atoms in total. The van der Waals surface area contributed by atoms with Gasteiger partial charge in [-0.25, -0.2) is 14.7 Å². The Morgan fingerprint density at radius 3 is 2.44 bits per heavy atom. The van der Waals surface area contributed by atoms with Crippen LogP contribution in [0.4, 0.5) is 0 Å². The van der Waals surface area contributed by atoms with E-state index in [9.17, 15) is 19.5 Å². The third-order valence-corrected chi connectivity index (χ3v) is 5.92. The number of carboxylic acid groups (broad SMARTS) is 2. The maximum Gasteiger partial charge on any atom is 1.00 e. The maximum atomic E-state index is 12.2. The molecule has 0 saturated carbocycles. The average Bonchev–Trinajstić information content (AvgIpc) is 3.64. The third kappa shape index (κ3) is 17.0. The fraction of sp³-hybridized carbons (Fsp3) is 0.424. The molecule has 2 aromatic rings. The molecule has 0 spiro atoms. The quantitative estimate of drug-likeness (QED) is 0.0568. The Kier molecular flexibility index (Phi) is 20.3. The molecule has 0 saturated heterocycles. The first-order chi connectivity index (χ1) is 22.1. The van der Waals surface area contributed by atoms with E-state index in [1.807, 2.05) is 18.2 Å². The SMILES string of the molecule is C=C(C)N=C(OCOC(=O)CCCc1cn(C(CC(=O)O)C(=O)[O-])nn1)/C(=C/c1nc[nH]c1C(C)(C)C)NC.C=C/C=C\C=C(C)C.[Na+]. The second kappa shape index (κ2) is 22.3. The molecule has 1 unspecified atom stereocenters. The summed E-state index contributed by atoms with van der Waals surface area (Å²) in [6, 6.07) is -1.48. The molecule has 2 rings (SSSR count). The van der Waals surface area contributed by atoms with Crippen molar-refractivity contribution in [3.63, 3.8) is 0 Å². The van der Waals surface area contributed by atoms with Gasteiger partial charge in [0.15, 0.2) is 0 Å². The zero-order valence-corrected chi connectivity index (χ0v) is 31.2. The number of imidazole rings is 1. The van der Waals surface area contributed by atoms with Crippen molar-refractivity contribution in [1.29, 1.82) is 0 Å².